The smallest absolute Gasteiger partial charge is 0.338 e. The molecule has 0 fully saturated rings. The highest BCUT2D eigenvalue weighted by atomic mass is 16.5. The normalized spacial score (nSPS) is 15.6. The molecule has 0 aliphatic carbocycles. The van der Waals surface area contributed by atoms with Crippen molar-refractivity contribution < 1.29 is 38.1 Å². The SMILES string of the molecule is CCOC(=O)C1=C(COC(=O)Cc2cc(OC)c(OC)c(OC)c2)NC(=O)N[C@@H]1C. The van der Waals surface area contributed by atoms with Gasteiger partial charge in [0, 0.05) is 0 Å². The van der Waals surface area contributed by atoms with Gasteiger partial charge in [-0.05, 0) is 31.5 Å². The number of hydrogen-bond acceptors (Lipinski definition) is 8. The maximum atomic E-state index is 12.4. The summed E-state index contributed by atoms with van der Waals surface area (Å²) in [6.45, 7) is 3.21. The molecule has 2 rings (SSSR count). The maximum absolute atomic E-state index is 12.4. The van der Waals surface area contributed by atoms with Crippen molar-refractivity contribution in [2.45, 2.75) is 26.3 Å². The molecule has 2 amide bonds. The van der Waals surface area contributed by atoms with Gasteiger partial charge in [-0.3, -0.25) is 4.79 Å². The minimum atomic E-state index is -0.590. The third kappa shape index (κ3) is 5.34. The number of amides is 2. The molecule has 0 unspecified atom stereocenters. The van der Waals surface area contributed by atoms with Crippen molar-refractivity contribution >= 4 is 18.0 Å². The fourth-order valence-electron chi connectivity index (χ4n) is 3.00. The van der Waals surface area contributed by atoms with E-state index < -0.39 is 24.0 Å². The van der Waals surface area contributed by atoms with Crippen LogP contribution in [0.1, 0.15) is 19.4 Å². The second-order valence-electron chi connectivity index (χ2n) is 6.30. The van der Waals surface area contributed by atoms with Crippen LogP contribution in [0.5, 0.6) is 17.2 Å². The molecule has 1 aliphatic heterocycles. The number of methoxy groups -OCH3 is 3. The van der Waals surface area contributed by atoms with Crippen molar-refractivity contribution in [1.82, 2.24) is 10.6 Å². The molecule has 0 spiro atoms. The second-order valence-corrected chi connectivity index (χ2v) is 6.30. The average Bonchev–Trinajstić information content (AvgIpc) is 2.71. The lowest BCUT2D eigenvalue weighted by molar-refractivity contribution is -0.143. The first kappa shape index (κ1) is 22.9. The molecular weight excluding hydrogens is 396 g/mol. The summed E-state index contributed by atoms with van der Waals surface area (Å²) in [7, 11) is 4.44. The molecule has 0 bridgehead atoms. The van der Waals surface area contributed by atoms with E-state index in [9.17, 15) is 14.4 Å². The zero-order valence-electron chi connectivity index (χ0n) is 17.6. The van der Waals surface area contributed by atoms with Gasteiger partial charge in [0.2, 0.25) is 5.75 Å². The van der Waals surface area contributed by atoms with E-state index in [0.717, 1.165) is 0 Å². The summed E-state index contributed by atoms with van der Waals surface area (Å²) in [5.41, 5.74) is 0.969. The van der Waals surface area contributed by atoms with Gasteiger partial charge in [0.25, 0.3) is 0 Å². The van der Waals surface area contributed by atoms with Gasteiger partial charge < -0.3 is 34.3 Å². The van der Waals surface area contributed by atoms with Gasteiger partial charge in [-0.2, -0.15) is 0 Å². The molecular formula is C20H26N2O8. The van der Waals surface area contributed by atoms with Crippen molar-refractivity contribution in [3.63, 3.8) is 0 Å². The summed E-state index contributed by atoms with van der Waals surface area (Å²) in [6, 6.07) is 2.20. The molecule has 1 aromatic carbocycles. The molecule has 10 heteroatoms. The molecule has 2 N–H and O–H groups in total. The van der Waals surface area contributed by atoms with Crippen LogP contribution in [0.3, 0.4) is 0 Å². The summed E-state index contributed by atoms with van der Waals surface area (Å²) >= 11 is 0. The minimum absolute atomic E-state index is 0.0829. The second kappa shape index (κ2) is 10.4. The van der Waals surface area contributed by atoms with Crippen LogP contribution in [0, 0.1) is 0 Å². The third-order valence-electron chi connectivity index (χ3n) is 4.32. The van der Waals surface area contributed by atoms with E-state index in [-0.39, 0.29) is 30.9 Å². The Bertz CT molecular complexity index is 824. The highest BCUT2D eigenvalue weighted by Gasteiger charge is 2.30. The molecule has 164 valence electrons. The molecule has 0 radical (unpaired) electrons. The first-order valence-electron chi connectivity index (χ1n) is 9.26. The number of carbonyl (C=O) groups is 3. The zero-order valence-corrected chi connectivity index (χ0v) is 17.6. The lowest BCUT2D eigenvalue weighted by Crippen LogP contribution is -2.50. The van der Waals surface area contributed by atoms with E-state index in [0.29, 0.717) is 22.8 Å². The van der Waals surface area contributed by atoms with E-state index in [4.69, 9.17) is 23.7 Å². The van der Waals surface area contributed by atoms with Gasteiger partial charge in [-0.25, -0.2) is 9.59 Å². The Morgan fingerprint density at radius 1 is 1.03 bits per heavy atom. The first-order chi connectivity index (χ1) is 14.3. The molecule has 0 saturated heterocycles. The topological polar surface area (TPSA) is 121 Å². The van der Waals surface area contributed by atoms with Crippen LogP contribution >= 0.6 is 0 Å². The lowest BCUT2D eigenvalue weighted by Gasteiger charge is -2.26. The third-order valence-corrected chi connectivity index (χ3v) is 4.32. The largest absolute Gasteiger partial charge is 0.493 e. The minimum Gasteiger partial charge on any atom is -0.493 e. The first-order valence-corrected chi connectivity index (χ1v) is 9.26. The van der Waals surface area contributed by atoms with Crippen molar-refractivity contribution in [2.75, 3.05) is 34.5 Å². The van der Waals surface area contributed by atoms with Crippen LogP contribution in [0.25, 0.3) is 0 Å². The summed E-state index contributed by atoms with van der Waals surface area (Å²) in [4.78, 5) is 36.3. The molecule has 1 aliphatic rings. The Hall–Kier alpha value is -3.43. The van der Waals surface area contributed by atoms with Crippen LogP contribution < -0.4 is 24.8 Å². The molecule has 1 heterocycles. The van der Waals surface area contributed by atoms with E-state index in [1.807, 2.05) is 0 Å². The standard InChI is InChI=1S/C20H26N2O8/c1-6-29-19(24)17-11(2)21-20(25)22-13(17)10-30-16(23)9-12-7-14(26-3)18(28-5)15(8-12)27-4/h7-8,11H,6,9-10H2,1-5H3,(H2,21,22,25)/t11-/m1/s1. The number of hydrogen-bond donors (Lipinski definition) is 2. The van der Waals surface area contributed by atoms with Gasteiger partial charge in [-0.15, -0.1) is 0 Å². The summed E-state index contributed by atoms with van der Waals surface area (Å²) < 4.78 is 26.1. The van der Waals surface area contributed by atoms with E-state index in [1.54, 1.807) is 26.0 Å². The van der Waals surface area contributed by atoms with Crippen LogP contribution in [0.4, 0.5) is 4.79 Å². The van der Waals surface area contributed by atoms with Crippen LogP contribution in [-0.2, 0) is 25.5 Å². The van der Waals surface area contributed by atoms with Gasteiger partial charge in [-0.1, -0.05) is 0 Å². The maximum Gasteiger partial charge on any atom is 0.338 e. The van der Waals surface area contributed by atoms with Gasteiger partial charge >= 0.3 is 18.0 Å². The average molecular weight is 422 g/mol. The molecule has 30 heavy (non-hydrogen) atoms. The van der Waals surface area contributed by atoms with Crippen molar-refractivity contribution in [1.29, 1.82) is 0 Å². The summed E-state index contributed by atoms with van der Waals surface area (Å²) in [6.07, 6.45) is -0.0829. The molecule has 0 saturated carbocycles. The van der Waals surface area contributed by atoms with Gasteiger partial charge in [0.1, 0.15) is 6.61 Å². The van der Waals surface area contributed by atoms with Crippen LogP contribution in [0.15, 0.2) is 23.4 Å². The van der Waals surface area contributed by atoms with Crippen molar-refractivity contribution in [3.05, 3.63) is 29.0 Å². The molecule has 0 aromatic heterocycles. The number of nitrogens with one attached hydrogen (secondary N) is 2. The number of ether oxygens (including phenoxy) is 5. The van der Waals surface area contributed by atoms with Gasteiger partial charge in [0.15, 0.2) is 11.5 Å². The van der Waals surface area contributed by atoms with Crippen LogP contribution in [-0.4, -0.2) is 58.6 Å². The Kier molecular flexibility index (Phi) is 7.90. The quantitative estimate of drug-likeness (QED) is 0.572. The number of carbonyl (C=O) groups excluding carboxylic acids is 3. The fraction of sp³-hybridized carbons (Fsp3) is 0.450. The number of esters is 2. The molecule has 1 atom stereocenters. The van der Waals surface area contributed by atoms with Gasteiger partial charge in [0.05, 0.1) is 51.7 Å². The van der Waals surface area contributed by atoms with E-state index >= 15 is 0 Å². The number of urea groups is 1. The molecule has 1 aromatic rings. The number of benzene rings is 1. The van der Waals surface area contributed by atoms with Crippen LogP contribution in [0.2, 0.25) is 0 Å². The zero-order chi connectivity index (χ0) is 22.3. The highest BCUT2D eigenvalue weighted by Crippen LogP contribution is 2.38. The Balaban J connectivity index is 2.15. The predicted octanol–water partition coefficient (Wildman–Crippen LogP) is 1.32. The Morgan fingerprint density at radius 3 is 2.20 bits per heavy atom. The lowest BCUT2D eigenvalue weighted by atomic mass is 10.0. The van der Waals surface area contributed by atoms with Crippen molar-refractivity contribution in [3.8, 4) is 17.2 Å². The molecule has 10 nitrogen and oxygen atoms in total. The number of rotatable bonds is 9. The van der Waals surface area contributed by atoms with E-state index in [2.05, 4.69) is 10.6 Å². The van der Waals surface area contributed by atoms with E-state index in [1.165, 1.54) is 21.3 Å². The van der Waals surface area contributed by atoms with Crippen molar-refractivity contribution in [2.24, 2.45) is 0 Å². The summed E-state index contributed by atoms with van der Waals surface area (Å²) in [5, 5.41) is 5.08. The Labute approximate surface area is 174 Å². The summed E-state index contributed by atoms with van der Waals surface area (Å²) in [5.74, 6) is 0.0687. The highest BCUT2D eigenvalue weighted by molar-refractivity contribution is 5.94. The predicted molar refractivity (Wildman–Crippen MR) is 106 cm³/mol. The monoisotopic (exact) mass is 422 g/mol. The Morgan fingerprint density at radius 2 is 1.67 bits per heavy atom. The fourth-order valence-corrected chi connectivity index (χ4v) is 3.00.